The van der Waals surface area contributed by atoms with E-state index in [0.717, 1.165) is 0 Å². The quantitative estimate of drug-likeness (QED) is 0.842. The second-order valence-corrected chi connectivity index (χ2v) is 5.78. The molecule has 1 spiro atoms. The monoisotopic (exact) mass is 310 g/mol. The molecular weight excluding hydrogens is 294 g/mol. The summed E-state index contributed by atoms with van der Waals surface area (Å²) in [6, 6.07) is 2.68. The molecule has 1 N–H and O–H groups in total. The van der Waals surface area contributed by atoms with Crippen LogP contribution in [0.4, 0.5) is 8.78 Å². The number of carbonyl (C=O) groups is 2. The fraction of sp³-hybridized carbons (Fsp3) is 0.467. The lowest BCUT2D eigenvalue weighted by atomic mass is 10.0. The summed E-state index contributed by atoms with van der Waals surface area (Å²) in [5.74, 6) is -2.87. The summed E-state index contributed by atoms with van der Waals surface area (Å²) >= 11 is 0. The molecule has 2 heterocycles. The molecule has 1 atom stereocenters. The normalized spacial score (nSPS) is 24.7. The van der Waals surface area contributed by atoms with E-state index in [9.17, 15) is 18.4 Å². The van der Waals surface area contributed by atoms with Crippen molar-refractivity contribution in [3.05, 3.63) is 34.9 Å². The van der Waals surface area contributed by atoms with Crippen LogP contribution in [0.1, 0.15) is 22.3 Å². The third kappa shape index (κ3) is 2.45. The highest BCUT2D eigenvalue weighted by atomic mass is 19.2. The van der Waals surface area contributed by atoms with Gasteiger partial charge >= 0.3 is 0 Å². The molecule has 2 amide bonds. The Balaban J connectivity index is 1.77. The minimum Gasteiger partial charge on any atom is -0.361 e. The number of halogens is 2. The number of nitrogens with zero attached hydrogens (tertiary/aromatic N) is 1. The van der Waals surface area contributed by atoms with E-state index in [-0.39, 0.29) is 30.2 Å². The smallest absolute Gasteiger partial charge is 0.257 e. The van der Waals surface area contributed by atoms with Crippen molar-refractivity contribution in [3.63, 3.8) is 0 Å². The number of nitrogens with one attached hydrogen (secondary N) is 1. The minimum atomic E-state index is -1.12. The van der Waals surface area contributed by atoms with Crippen LogP contribution in [0.5, 0.6) is 0 Å². The summed E-state index contributed by atoms with van der Waals surface area (Å²) in [5.41, 5.74) is -0.742. The van der Waals surface area contributed by atoms with Gasteiger partial charge in [-0.05, 0) is 25.0 Å². The van der Waals surface area contributed by atoms with Crippen molar-refractivity contribution in [3.8, 4) is 0 Å². The van der Waals surface area contributed by atoms with Crippen LogP contribution in [0.2, 0.25) is 0 Å². The molecule has 7 heteroatoms. The molecule has 2 aliphatic heterocycles. The molecule has 3 rings (SSSR count). The molecule has 0 aromatic heterocycles. The summed E-state index contributed by atoms with van der Waals surface area (Å²) in [4.78, 5) is 25.0. The molecule has 0 radical (unpaired) electrons. The molecule has 2 aliphatic rings. The zero-order valence-electron chi connectivity index (χ0n) is 12.1. The summed E-state index contributed by atoms with van der Waals surface area (Å²) < 4.78 is 33.1. The van der Waals surface area contributed by atoms with Gasteiger partial charge in [0.25, 0.3) is 5.91 Å². The zero-order valence-corrected chi connectivity index (χ0v) is 12.1. The van der Waals surface area contributed by atoms with Gasteiger partial charge in [0.05, 0.1) is 12.1 Å². The van der Waals surface area contributed by atoms with Crippen LogP contribution in [0, 0.1) is 18.6 Å². The highest BCUT2D eigenvalue weighted by molar-refractivity contribution is 5.95. The van der Waals surface area contributed by atoms with Crippen LogP contribution < -0.4 is 5.32 Å². The summed E-state index contributed by atoms with van der Waals surface area (Å²) in [5, 5.41) is 2.71. The lowest BCUT2D eigenvalue weighted by Gasteiger charge is -2.33. The summed E-state index contributed by atoms with van der Waals surface area (Å²) in [7, 11) is 0. The third-order valence-corrected chi connectivity index (χ3v) is 4.23. The number of benzene rings is 1. The Kier molecular flexibility index (Phi) is 3.60. The second-order valence-electron chi connectivity index (χ2n) is 5.78. The van der Waals surface area contributed by atoms with E-state index in [0.29, 0.717) is 19.5 Å². The zero-order chi connectivity index (χ0) is 15.9. The maximum atomic E-state index is 13.9. The first-order chi connectivity index (χ1) is 10.4. The van der Waals surface area contributed by atoms with E-state index >= 15 is 0 Å². The Bertz CT molecular complexity index is 638. The van der Waals surface area contributed by atoms with Gasteiger partial charge in [0.15, 0.2) is 11.6 Å². The number of carbonyl (C=O) groups excluding carboxylic acids is 2. The SMILES string of the molecule is Cc1ccc(C(=O)N2CCC3(CNC(=O)CO3)C2)c(F)c1F. The van der Waals surface area contributed by atoms with Gasteiger partial charge in [0.2, 0.25) is 5.91 Å². The van der Waals surface area contributed by atoms with Gasteiger partial charge in [-0.25, -0.2) is 8.78 Å². The number of likely N-dealkylation sites (tertiary alicyclic amines) is 1. The molecule has 0 aliphatic carbocycles. The number of hydrogen-bond acceptors (Lipinski definition) is 3. The molecule has 1 unspecified atom stereocenters. The van der Waals surface area contributed by atoms with E-state index in [1.165, 1.54) is 24.0 Å². The summed E-state index contributed by atoms with van der Waals surface area (Å²) in [6.45, 7) is 2.34. The van der Waals surface area contributed by atoms with Crippen molar-refractivity contribution in [2.75, 3.05) is 26.2 Å². The maximum Gasteiger partial charge on any atom is 0.257 e. The van der Waals surface area contributed by atoms with Crippen molar-refractivity contribution in [1.82, 2.24) is 10.2 Å². The molecule has 0 bridgehead atoms. The Labute approximate surface area is 126 Å². The number of morpholine rings is 1. The van der Waals surface area contributed by atoms with E-state index in [1.54, 1.807) is 0 Å². The Hall–Kier alpha value is -2.02. The van der Waals surface area contributed by atoms with Crippen LogP contribution >= 0.6 is 0 Å². The highest BCUT2D eigenvalue weighted by Crippen LogP contribution is 2.28. The van der Waals surface area contributed by atoms with Crippen molar-refractivity contribution in [2.45, 2.75) is 18.9 Å². The lowest BCUT2D eigenvalue weighted by Crippen LogP contribution is -2.54. The van der Waals surface area contributed by atoms with Gasteiger partial charge in [-0.3, -0.25) is 9.59 Å². The second kappa shape index (κ2) is 5.31. The van der Waals surface area contributed by atoms with Gasteiger partial charge < -0.3 is 15.0 Å². The minimum absolute atomic E-state index is 0.0461. The molecular formula is C15H16F2N2O3. The van der Waals surface area contributed by atoms with Crippen LogP contribution in [0.3, 0.4) is 0 Å². The number of hydrogen-bond donors (Lipinski definition) is 1. The number of ether oxygens (including phenoxy) is 1. The van der Waals surface area contributed by atoms with Crippen molar-refractivity contribution >= 4 is 11.8 Å². The molecule has 1 aromatic carbocycles. The molecule has 5 nitrogen and oxygen atoms in total. The Morgan fingerprint density at radius 1 is 1.36 bits per heavy atom. The van der Waals surface area contributed by atoms with Gasteiger partial charge in [-0.1, -0.05) is 6.07 Å². The van der Waals surface area contributed by atoms with Gasteiger partial charge in [-0.15, -0.1) is 0 Å². The topological polar surface area (TPSA) is 58.6 Å². The standard InChI is InChI=1S/C15H16F2N2O3/c1-9-2-3-10(13(17)12(9)16)14(21)19-5-4-15(8-19)7-18-11(20)6-22-15/h2-3H,4-8H2,1H3,(H,18,20). The van der Waals surface area contributed by atoms with Gasteiger partial charge in [0.1, 0.15) is 12.2 Å². The predicted octanol–water partition coefficient (Wildman–Crippen LogP) is 1.00. The molecule has 22 heavy (non-hydrogen) atoms. The lowest BCUT2D eigenvalue weighted by molar-refractivity contribution is -0.141. The average Bonchev–Trinajstić information content (AvgIpc) is 2.92. The number of amides is 2. The molecule has 118 valence electrons. The molecule has 0 saturated carbocycles. The fourth-order valence-corrected chi connectivity index (χ4v) is 2.84. The Morgan fingerprint density at radius 2 is 2.14 bits per heavy atom. The first-order valence-electron chi connectivity index (χ1n) is 7.06. The summed E-state index contributed by atoms with van der Waals surface area (Å²) in [6.07, 6.45) is 0.551. The molecule has 2 fully saturated rings. The van der Waals surface area contributed by atoms with Crippen molar-refractivity contribution in [1.29, 1.82) is 0 Å². The largest absolute Gasteiger partial charge is 0.361 e. The van der Waals surface area contributed by atoms with Gasteiger partial charge in [-0.2, -0.15) is 0 Å². The van der Waals surface area contributed by atoms with E-state index < -0.39 is 23.1 Å². The van der Waals surface area contributed by atoms with Gasteiger partial charge in [0, 0.05) is 13.1 Å². The van der Waals surface area contributed by atoms with Crippen molar-refractivity contribution < 1.29 is 23.1 Å². The molecule has 2 saturated heterocycles. The van der Waals surface area contributed by atoms with Crippen LogP contribution in [0.15, 0.2) is 12.1 Å². The van der Waals surface area contributed by atoms with E-state index in [4.69, 9.17) is 4.74 Å². The Morgan fingerprint density at radius 3 is 2.82 bits per heavy atom. The number of rotatable bonds is 1. The third-order valence-electron chi connectivity index (χ3n) is 4.23. The first kappa shape index (κ1) is 14.9. The predicted molar refractivity (Wildman–Crippen MR) is 73.3 cm³/mol. The highest BCUT2D eigenvalue weighted by Gasteiger charge is 2.44. The van der Waals surface area contributed by atoms with Crippen LogP contribution in [-0.4, -0.2) is 48.6 Å². The fourth-order valence-electron chi connectivity index (χ4n) is 2.84. The molecule has 1 aromatic rings. The van der Waals surface area contributed by atoms with E-state index in [2.05, 4.69) is 5.32 Å². The first-order valence-corrected chi connectivity index (χ1v) is 7.06. The van der Waals surface area contributed by atoms with Crippen LogP contribution in [-0.2, 0) is 9.53 Å². The van der Waals surface area contributed by atoms with E-state index in [1.807, 2.05) is 0 Å². The average molecular weight is 310 g/mol. The van der Waals surface area contributed by atoms with Crippen LogP contribution in [0.25, 0.3) is 0 Å². The maximum absolute atomic E-state index is 13.9. The number of aryl methyl sites for hydroxylation is 1. The van der Waals surface area contributed by atoms with Crippen molar-refractivity contribution in [2.24, 2.45) is 0 Å².